The molecule has 1 rings (SSSR count). The number of aromatic nitrogens is 1. The maximum Gasteiger partial charge on any atom is 0.306 e. The fourth-order valence-electron chi connectivity index (χ4n) is 1.36. The maximum atomic E-state index is 11.4. The highest BCUT2D eigenvalue weighted by Crippen LogP contribution is 1.96. The van der Waals surface area contributed by atoms with E-state index in [1.165, 1.54) is 17.7 Å². The van der Waals surface area contributed by atoms with Crippen molar-refractivity contribution in [2.24, 2.45) is 7.05 Å². The van der Waals surface area contributed by atoms with E-state index in [9.17, 15) is 14.4 Å². The van der Waals surface area contributed by atoms with Crippen molar-refractivity contribution in [3.05, 3.63) is 34.2 Å². The van der Waals surface area contributed by atoms with Crippen LogP contribution >= 0.6 is 0 Å². The number of nitrogens with zero attached hydrogens (tertiary/aromatic N) is 1. The Kier molecular flexibility index (Phi) is 5.10. The fraction of sp³-hybridized carbons (Fsp3) is 0.417. The van der Waals surface area contributed by atoms with Gasteiger partial charge in [-0.3, -0.25) is 14.4 Å². The van der Waals surface area contributed by atoms with Crippen LogP contribution < -0.4 is 10.9 Å². The SMILES string of the molecule is COC(=O)CCC(=O)NCc1ccc(=O)n(C)c1. The number of nitrogens with one attached hydrogen (secondary N) is 1. The van der Waals surface area contributed by atoms with Gasteiger partial charge in [-0.1, -0.05) is 6.07 Å². The van der Waals surface area contributed by atoms with Gasteiger partial charge in [-0.25, -0.2) is 0 Å². The molecule has 18 heavy (non-hydrogen) atoms. The van der Waals surface area contributed by atoms with Crippen LogP contribution in [0.2, 0.25) is 0 Å². The normalized spacial score (nSPS) is 9.89. The van der Waals surface area contributed by atoms with Crippen LogP contribution in [0.1, 0.15) is 18.4 Å². The molecule has 0 aliphatic heterocycles. The summed E-state index contributed by atoms with van der Waals surface area (Å²) in [5.74, 6) is -0.637. The van der Waals surface area contributed by atoms with Gasteiger partial charge >= 0.3 is 5.97 Å². The summed E-state index contributed by atoms with van der Waals surface area (Å²) in [6, 6.07) is 3.10. The molecule has 0 aromatic carbocycles. The van der Waals surface area contributed by atoms with Crippen molar-refractivity contribution in [3.8, 4) is 0 Å². The number of hydrogen-bond donors (Lipinski definition) is 1. The Labute approximate surface area is 105 Å². The van der Waals surface area contributed by atoms with E-state index in [1.54, 1.807) is 19.3 Å². The third-order valence-electron chi connectivity index (χ3n) is 2.42. The Balaban J connectivity index is 2.40. The molecule has 1 N–H and O–H groups in total. The van der Waals surface area contributed by atoms with Gasteiger partial charge < -0.3 is 14.6 Å². The van der Waals surface area contributed by atoms with Crippen molar-refractivity contribution in [3.63, 3.8) is 0 Å². The first-order valence-electron chi connectivity index (χ1n) is 5.52. The van der Waals surface area contributed by atoms with E-state index in [0.29, 0.717) is 6.54 Å². The van der Waals surface area contributed by atoms with Crippen LogP contribution in [0.15, 0.2) is 23.1 Å². The number of carbonyl (C=O) groups is 2. The van der Waals surface area contributed by atoms with Crippen molar-refractivity contribution in [2.45, 2.75) is 19.4 Å². The summed E-state index contributed by atoms with van der Waals surface area (Å²) < 4.78 is 5.88. The fourth-order valence-corrected chi connectivity index (χ4v) is 1.36. The van der Waals surface area contributed by atoms with Crippen LogP contribution in [0, 0.1) is 0 Å². The quantitative estimate of drug-likeness (QED) is 0.746. The van der Waals surface area contributed by atoms with Gasteiger partial charge in [0.25, 0.3) is 0 Å². The first-order valence-corrected chi connectivity index (χ1v) is 5.52. The van der Waals surface area contributed by atoms with E-state index in [4.69, 9.17) is 0 Å². The van der Waals surface area contributed by atoms with Gasteiger partial charge in [-0.2, -0.15) is 0 Å². The molecule has 0 atom stereocenters. The number of hydrogen-bond acceptors (Lipinski definition) is 4. The minimum absolute atomic E-state index is 0.0651. The first kappa shape index (κ1) is 14.0. The number of ether oxygens (including phenoxy) is 1. The molecule has 0 aliphatic carbocycles. The Bertz CT molecular complexity index is 493. The summed E-state index contributed by atoms with van der Waals surface area (Å²) in [5, 5.41) is 2.66. The molecular weight excluding hydrogens is 236 g/mol. The maximum absolute atomic E-state index is 11.4. The number of pyridine rings is 1. The molecule has 98 valence electrons. The summed E-state index contributed by atoms with van der Waals surface area (Å²) in [7, 11) is 2.93. The smallest absolute Gasteiger partial charge is 0.306 e. The summed E-state index contributed by atoms with van der Waals surface area (Å²) in [5.41, 5.74) is 0.722. The minimum Gasteiger partial charge on any atom is -0.469 e. The van der Waals surface area contributed by atoms with Gasteiger partial charge in [0.2, 0.25) is 11.5 Å². The Hall–Kier alpha value is -2.11. The molecule has 0 spiro atoms. The number of esters is 1. The van der Waals surface area contributed by atoms with Crippen LogP contribution in [0.25, 0.3) is 0 Å². The first-order chi connectivity index (χ1) is 8.52. The van der Waals surface area contributed by atoms with Crippen LogP contribution in [0.3, 0.4) is 0 Å². The van der Waals surface area contributed by atoms with Crippen LogP contribution in [0.4, 0.5) is 0 Å². The van der Waals surface area contributed by atoms with Crippen molar-refractivity contribution in [1.82, 2.24) is 9.88 Å². The lowest BCUT2D eigenvalue weighted by molar-refractivity contribution is -0.142. The van der Waals surface area contributed by atoms with E-state index in [2.05, 4.69) is 10.1 Å². The number of rotatable bonds is 5. The van der Waals surface area contributed by atoms with Crippen LogP contribution in [-0.4, -0.2) is 23.6 Å². The van der Waals surface area contributed by atoms with Crippen molar-refractivity contribution >= 4 is 11.9 Å². The molecule has 0 aliphatic rings. The molecule has 0 unspecified atom stereocenters. The lowest BCUT2D eigenvalue weighted by Gasteiger charge is -2.06. The van der Waals surface area contributed by atoms with Gasteiger partial charge in [0, 0.05) is 32.3 Å². The number of methoxy groups -OCH3 is 1. The standard InChI is InChI=1S/C12H16N2O4/c1-14-8-9(3-5-11(14)16)7-13-10(15)4-6-12(17)18-2/h3,5,8H,4,6-7H2,1-2H3,(H,13,15). The average Bonchev–Trinajstić information content (AvgIpc) is 2.37. The van der Waals surface area contributed by atoms with Gasteiger partial charge in [-0.05, 0) is 5.56 Å². The molecule has 0 saturated carbocycles. The molecule has 6 heteroatoms. The second-order valence-corrected chi connectivity index (χ2v) is 3.84. The highest BCUT2D eigenvalue weighted by Gasteiger charge is 2.06. The summed E-state index contributed by atoms with van der Waals surface area (Å²) in [4.78, 5) is 33.4. The Morgan fingerprint density at radius 3 is 2.67 bits per heavy atom. The molecule has 1 heterocycles. The predicted molar refractivity (Wildman–Crippen MR) is 64.8 cm³/mol. The molecule has 0 saturated heterocycles. The van der Waals surface area contributed by atoms with E-state index >= 15 is 0 Å². The zero-order valence-electron chi connectivity index (χ0n) is 10.4. The van der Waals surface area contributed by atoms with Gasteiger partial charge in [-0.15, -0.1) is 0 Å². The molecule has 0 fully saturated rings. The second kappa shape index (κ2) is 6.58. The second-order valence-electron chi connectivity index (χ2n) is 3.84. The third kappa shape index (κ3) is 4.40. The largest absolute Gasteiger partial charge is 0.469 e. The highest BCUT2D eigenvalue weighted by atomic mass is 16.5. The third-order valence-corrected chi connectivity index (χ3v) is 2.42. The van der Waals surface area contributed by atoms with E-state index < -0.39 is 5.97 Å². The number of aryl methyl sites for hydroxylation is 1. The average molecular weight is 252 g/mol. The molecule has 1 aromatic rings. The van der Waals surface area contributed by atoms with E-state index in [0.717, 1.165) is 5.56 Å². The van der Waals surface area contributed by atoms with Crippen molar-refractivity contribution in [2.75, 3.05) is 7.11 Å². The number of carbonyl (C=O) groups excluding carboxylic acids is 2. The Morgan fingerprint density at radius 1 is 1.33 bits per heavy atom. The molecule has 1 amide bonds. The lowest BCUT2D eigenvalue weighted by Crippen LogP contribution is -2.24. The summed E-state index contributed by atoms with van der Waals surface area (Å²) in [6.07, 6.45) is 1.82. The highest BCUT2D eigenvalue weighted by molar-refractivity contribution is 5.81. The topological polar surface area (TPSA) is 77.4 Å². The number of amides is 1. The van der Waals surface area contributed by atoms with Crippen molar-refractivity contribution < 1.29 is 14.3 Å². The zero-order valence-corrected chi connectivity index (χ0v) is 10.4. The van der Waals surface area contributed by atoms with Crippen LogP contribution in [0.5, 0.6) is 0 Å². The lowest BCUT2D eigenvalue weighted by atomic mass is 10.2. The Morgan fingerprint density at radius 2 is 2.06 bits per heavy atom. The van der Waals surface area contributed by atoms with Gasteiger partial charge in [0.15, 0.2) is 0 Å². The molecule has 6 nitrogen and oxygen atoms in total. The molecule has 1 aromatic heterocycles. The monoisotopic (exact) mass is 252 g/mol. The van der Waals surface area contributed by atoms with Gasteiger partial charge in [0.1, 0.15) is 0 Å². The van der Waals surface area contributed by atoms with Crippen molar-refractivity contribution in [1.29, 1.82) is 0 Å². The molecule has 0 bridgehead atoms. The molecule has 0 radical (unpaired) electrons. The van der Waals surface area contributed by atoms with Crippen LogP contribution in [-0.2, 0) is 27.9 Å². The summed E-state index contributed by atoms with van der Waals surface area (Å²) in [6.45, 7) is 0.328. The zero-order chi connectivity index (χ0) is 13.5. The minimum atomic E-state index is -0.410. The van der Waals surface area contributed by atoms with Gasteiger partial charge in [0.05, 0.1) is 13.5 Å². The summed E-state index contributed by atoms with van der Waals surface area (Å²) >= 11 is 0. The molecular formula is C12H16N2O4. The van der Waals surface area contributed by atoms with E-state index in [1.807, 2.05) is 0 Å². The van der Waals surface area contributed by atoms with E-state index in [-0.39, 0.29) is 24.3 Å². The predicted octanol–water partition coefficient (Wildman–Crippen LogP) is -0.0453.